The van der Waals surface area contributed by atoms with Crippen molar-refractivity contribution in [2.24, 2.45) is 0 Å². The molecular formula is C10H12ClFN2O2. The first-order valence-electron chi connectivity index (χ1n) is 4.72. The first kappa shape index (κ1) is 12.9. The van der Waals surface area contributed by atoms with E-state index in [-0.39, 0.29) is 12.4 Å². The Labute approximate surface area is 98.6 Å². The molecule has 1 aromatic carbocycles. The molecule has 0 spiro atoms. The number of nitro groups is 1. The summed E-state index contributed by atoms with van der Waals surface area (Å²) in [4.78, 5) is 11.9. The lowest BCUT2D eigenvalue weighted by Gasteiger charge is -2.24. The molecule has 1 aliphatic heterocycles. The van der Waals surface area contributed by atoms with Gasteiger partial charge in [-0.15, -0.1) is 12.4 Å². The summed E-state index contributed by atoms with van der Waals surface area (Å²) < 4.78 is 13.3. The highest BCUT2D eigenvalue weighted by Gasteiger charge is 2.21. The van der Waals surface area contributed by atoms with Gasteiger partial charge in [0.15, 0.2) is 0 Å². The number of hydrogen-bond donors (Lipinski definition) is 0. The van der Waals surface area contributed by atoms with E-state index in [0.717, 1.165) is 24.1 Å². The van der Waals surface area contributed by atoms with Crippen LogP contribution in [0.3, 0.4) is 0 Å². The van der Waals surface area contributed by atoms with E-state index < -0.39 is 16.4 Å². The molecule has 16 heavy (non-hydrogen) atoms. The lowest BCUT2D eigenvalue weighted by atomic mass is 9.99. The maximum absolute atomic E-state index is 13.3. The summed E-state index contributed by atoms with van der Waals surface area (Å²) in [6.07, 6.45) is 0.751. The number of benzene rings is 1. The van der Waals surface area contributed by atoms with Gasteiger partial charge in [-0.25, -0.2) is 0 Å². The van der Waals surface area contributed by atoms with Crippen LogP contribution in [0.4, 0.5) is 10.1 Å². The van der Waals surface area contributed by atoms with Crippen LogP contribution in [-0.2, 0) is 13.0 Å². The van der Waals surface area contributed by atoms with Gasteiger partial charge < -0.3 is 4.90 Å². The summed E-state index contributed by atoms with van der Waals surface area (Å²) >= 11 is 0. The van der Waals surface area contributed by atoms with Crippen molar-refractivity contribution in [3.63, 3.8) is 0 Å². The maximum Gasteiger partial charge on any atom is 0.305 e. The smallest absolute Gasteiger partial charge is 0.302 e. The minimum Gasteiger partial charge on any atom is -0.302 e. The summed E-state index contributed by atoms with van der Waals surface area (Å²) in [6, 6.07) is 2.64. The van der Waals surface area contributed by atoms with Crippen LogP contribution in [-0.4, -0.2) is 23.4 Å². The average molecular weight is 247 g/mol. The minimum atomic E-state index is -0.733. The van der Waals surface area contributed by atoms with Crippen molar-refractivity contribution < 1.29 is 9.31 Å². The fraction of sp³-hybridized carbons (Fsp3) is 0.400. The molecule has 0 N–H and O–H groups in total. The fourth-order valence-electron chi connectivity index (χ4n) is 1.85. The Morgan fingerprint density at radius 1 is 1.44 bits per heavy atom. The van der Waals surface area contributed by atoms with E-state index in [1.165, 1.54) is 12.1 Å². The molecule has 1 aliphatic rings. The van der Waals surface area contributed by atoms with Crippen molar-refractivity contribution in [3.8, 4) is 0 Å². The monoisotopic (exact) mass is 246 g/mol. The average Bonchev–Trinajstić information content (AvgIpc) is 2.17. The normalized spacial score (nSPS) is 15.1. The van der Waals surface area contributed by atoms with Crippen molar-refractivity contribution in [1.82, 2.24) is 4.90 Å². The minimum absolute atomic E-state index is 0. The van der Waals surface area contributed by atoms with Gasteiger partial charge in [0.2, 0.25) is 5.82 Å². The van der Waals surface area contributed by atoms with Crippen LogP contribution in [0.5, 0.6) is 0 Å². The number of fused-ring (bicyclic) bond motifs is 1. The van der Waals surface area contributed by atoms with Gasteiger partial charge in [-0.2, -0.15) is 4.39 Å². The Bertz CT molecular complexity index is 426. The summed E-state index contributed by atoms with van der Waals surface area (Å²) in [7, 11) is 1.94. The van der Waals surface area contributed by atoms with Crippen LogP contribution in [0.15, 0.2) is 12.1 Å². The van der Waals surface area contributed by atoms with Crippen LogP contribution < -0.4 is 0 Å². The molecule has 0 radical (unpaired) electrons. The molecule has 0 unspecified atom stereocenters. The zero-order valence-corrected chi connectivity index (χ0v) is 9.59. The molecule has 0 fully saturated rings. The SMILES string of the molecule is CN1CCc2cc(F)c([N+](=O)[O-])cc2C1.Cl. The second-order valence-electron chi connectivity index (χ2n) is 3.82. The van der Waals surface area contributed by atoms with Gasteiger partial charge in [0.25, 0.3) is 0 Å². The molecule has 0 aromatic heterocycles. The standard InChI is InChI=1S/C10H11FN2O2.ClH/c1-12-3-2-7-4-9(11)10(13(14)15)5-8(7)6-12;/h4-5H,2-3,6H2,1H3;1H. The Hall–Kier alpha value is -1.20. The van der Waals surface area contributed by atoms with Crippen LogP contribution in [0.1, 0.15) is 11.1 Å². The maximum atomic E-state index is 13.3. The van der Waals surface area contributed by atoms with E-state index in [1.54, 1.807) is 0 Å². The number of likely N-dealkylation sites (N-methyl/N-ethyl adjacent to an activating group) is 1. The second-order valence-corrected chi connectivity index (χ2v) is 3.82. The summed E-state index contributed by atoms with van der Waals surface area (Å²) in [5.41, 5.74) is 1.32. The van der Waals surface area contributed by atoms with Gasteiger partial charge in [0, 0.05) is 19.2 Å². The van der Waals surface area contributed by atoms with Gasteiger partial charge in [-0.3, -0.25) is 10.1 Å². The van der Waals surface area contributed by atoms with E-state index in [9.17, 15) is 14.5 Å². The highest BCUT2D eigenvalue weighted by molar-refractivity contribution is 5.85. The number of nitro benzene ring substituents is 1. The molecule has 0 aliphatic carbocycles. The van der Waals surface area contributed by atoms with Crippen molar-refractivity contribution in [2.45, 2.75) is 13.0 Å². The fourth-order valence-corrected chi connectivity index (χ4v) is 1.85. The third-order valence-electron chi connectivity index (χ3n) is 2.67. The quantitative estimate of drug-likeness (QED) is 0.563. The second kappa shape index (κ2) is 4.76. The largest absolute Gasteiger partial charge is 0.305 e. The number of hydrogen-bond acceptors (Lipinski definition) is 3. The zero-order valence-electron chi connectivity index (χ0n) is 8.77. The Kier molecular flexibility index (Phi) is 3.83. The van der Waals surface area contributed by atoms with Gasteiger partial charge in [0.1, 0.15) is 0 Å². The number of halogens is 2. The number of nitrogens with zero attached hydrogens (tertiary/aromatic N) is 2. The first-order valence-corrected chi connectivity index (χ1v) is 4.72. The molecule has 88 valence electrons. The van der Waals surface area contributed by atoms with Gasteiger partial charge >= 0.3 is 5.69 Å². The predicted octanol–water partition coefficient (Wildman–Crippen LogP) is 2.14. The van der Waals surface area contributed by atoms with Crippen molar-refractivity contribution in [2.75, 3.05) is 13.6 Å². The lowest BCUT2D eigenvalue weighted by Crippen LogP contribution is -2.26. The van der Waals surface area contributed by atoms with Crippen molar-refractivity contribution in [1.29, 1.82) is 0 Å². The third-order valence-corrected chi connectivity index (χ3v) is 2.67. The topological polar surface area (TPSA) is 46.4 Å². The van der Waals surface area contributed by atoms with E-state index in [4.69, 9.17) is 0 Å². The van der Waals surface area contributed by atoms with E-state index >= 15 is 0 Å². The molecule has 0 amide bonds. The Morgan fingerprint density at radius 3 is 2.75 bits per heavy atom. The van der Waals surface area contributed by atoms with E-state index in [2.05, 4.69) is 4.90 Å². The Balaban J connectivity index is 0.00000128. The molecule has 6 heteroatoms. The van der Waals surface area contributed by atoms with Crippen LogP contribution in [0.25, 0.3) is 0 Å². The molecule has 4 nitrogen and oxygen atoms in total. The van der Waals surface area contributed by atoms with Crippen LogP contribution >= 0.6 is 12.4 Å². The lowest BCUT2D eigenvalue weighted by molar-refractivity contribution is -0.387. The highest BCUT2D eigenvalue weighted by Crippen LogP contribution is 2.26. The molecule has 1 heterocycles. The highest BCUT2D eigenvalue weighted by atomic mass is 35.5. The first-order chi connectivity index (χ1) is 7.08. The van der Waals surface area contributed by atoms with Crippen LogP contribution in [0.2, 0.25) is 0 Å². The van der Waals surface area contributed by atoms with Gasteiger partial charge in [0.05, 0.1) is 4.92 Å². The zero-order chi connectivity index (χ0) is 11.0. The Morgan fingerprint density at radius 2 is 2.12 bits per heavy atom. The molecule has 0 bridgehead atoms. The molecular weight excluding hydrogens is 235 g/mol. The summed E-state index contributed by atoms with van der Waals surface area (Å²) in [5.74, 6) is -0.733. The summed E-state index contributed by atoms with van der Waals surface area (Å²) in [6.45, 7) is 1.51. The molecule has 0 atom stereocenters. The predicted molar refractivity (Wildman–Crippen MR) is 60.3 cm³/mol. The summed E-state index contributed by atoms with van der Waals surface area (Å²) in [5, 5.41) is 10.5. The molecule has 0 saturated carbocycles. The van der Waals surface area contributed by atoms with Crippen LogP contribution in [0, 0.1) is 15.9 Å². The van der Waals surface area contributed by atoms with E-state index in [0.29, 0.717) is 6.54 Å². The van der Waals surface area contributed by atoms with Gasteiger partial charge in [-0.1, -0.05) is 0 Å². The number of rotatable bonds is 1. The van der Waals surface area contributed by atoms with Gasteiger partial charge in [-0.05, 0) is 30.7 Å². The molecule has 1 aromatic rings. The van der Waals surface area contributed by atoms with Crippen molar-refractivity contribution >= 4 is 18.1 Å². The van der Waals surface area contributed by atoms with Crippen molar-refractivity contribution in [3.05, 3.63) is 39.2 Å². The van der Waals surface area contributed by atoms with E-state index in [1.807, 2.05) is 7.05 Å². The third kappa shape index (κ3) is 2.31. The molecule has 2 rings (SSSR count). The molecule has 0 saturated heterocycles.